The Morgan fingerprint density at radius 1 is 1.50 bits per heavy atom. The highest BCUT2D eigenvalue weighted by atomic mass is 35.5. The van der Waals surface area contributed by atoms with E-state index in [-0.39, 0.29) is 24.8 Å². The summed E-state index contributed by atoms with van der Waals surface area (Å²) in [5.41, 5.74) is 0. The molecule has 1 saturated heterocycles. The lowest BCUT2D eigenvalue weighted by Crippen LogP contribution is -2.17. The number of nitrogens with one attached hydrogen (secondary N) is 1. The Kier molecular flexibility index (Phi) is 7.97. The quantitative estimate of drug-likeness (QED) is 0.565. The van der Waals surface area contributed by atoms with Crippen molar-refractivity contribution < 1.29 is 4.74 Å². The van der Waals surface area contributed by atoms with Gasteiger partial charge >= 0.3 is 0 Å². The average molecular weight is 160 g/mol. The normalized spacial score (nSPS) is 25.9. The van der Waals surface area contributed by atoms with Gasteiger partial charge in [-0.3, -0.25) is 5.32 Å². The summed E-state index contributed by atoms with van der Waals surface area (Å²) in [7, 11) is 0. The molecule has 1 unspecified atom stereocenters. The first-order valence-corrected chi connectivity index (χ1v) is 2.24. The molecule has 52 valence electrons. The van der Waals surface area contributed by atoms with Crippen LogP contribution >= 0.6 is 24.8 Å². The van der Waals surface area contributed by atoms with Crippen LogP contribution in [0.4, 0.5) is 0 Å². The zero-order valence-corrected chi connectivity index (χ0v) is 6.35. The molecule has 2 nitrogen and oxygen atoms in total. The summed E-state index contributed by atoms with van der Waals surface area (Å²) < 4.78 is 5.04. The largest absolute Gasteiger partial charge is 0.362 e. The van der Waals surface area contributed by atoms with E-state index in [1.807, 2.05) is 6.92 Å². The van der Waals surface area contributed by atoms with Crippen molar-refractivity contribution in [3.63, 3.8) is 0 Å². The van der Waals surface area contributed by atoms with Crippen LogP contribution in [-0.2, 0) is 4.74 Å². The number of ether oxygens (including phenoxy) is 1. The molecule has 1 fully saturated rings. The Morgan fingerprint density at radius 2 is 2.12 bits per heavy atom. The number of rotatable bonds is 0. The van der Waals surface area contributed by atoms with Crippen molar-refractivity contribution in [2.75, 3.05) is 13.2 Å². The maximum absolute atomic E-state index is 5.04. The van der Waals surface area contributed by atoms with E-state index < -0.39 is 0 Å². The van der Waals surface area contributed by atoms with Gasteiger partial charge < -0.3 is 4.74 Å². The summed E-state index contributed by atoms with van der Waals surface area (Å²) in [5, 5.41) is 3.10. The van der Waals surface area contributed by atoms with Crippen molar-refractivity contribution >= 4 is 24.8 Å². The van der Waals surface area contributed by atoms with E-state index in [0.717, 1.165) is 13.2 Å². The van der Waals surface area contributed by atoms with Gasteiger partial charge in [0.1, 0.15) is 6.23 Å². The molecule has 0 bridgehead atoms. The second-order valence-corrected chi connectivity index (χ2v) is 1.47. The summed E-state index contributed by atoms with van der Waals surface area (Å²) >= 11 is 0. The molecule has 1 rings (SSSR count). The number of halogens is 2. The first kappa shape index (κ1) is 11.3. The Bertz CT molecular complexity index is 47.3. The Balaban J connectivity index is 0. The van der Waals surface area contributed by atoms with E-state index in [2.05, 4.69) is 5.32 Å². The first-order chi connectivity index (χ1) is 2.89. The van der Waals surface area contributed by atoms with Crippen LogP contribution in [0, 0.1) is 0 Å². The van der Waals surface area contributed by atoms with Crippen LogP contribution in [0.15, 0.2) is 0 Å². The molecular formula is C4H11Cl2NO. The highest BCUT2D eigenvalue weighted by molar-refractivity contribution is 5.85. The van der Waals surface area contributed by atoms with Crippen LogP contribution in [0.1, 0.15) is 6.92 Å². The van der Waals surface area contributed by atoms with Crippen molar-refractivity contribution in [2.45, 2.75) is 13.2 Å². The second kappa shape index (κ2) is 5.63. The highest BCUT2D eigenvalue weighted by Crippen LogP contribution is 1.89. The standard InChI is InChI=1S/C4H9NO.2ClH/c1-4-5-2-3-6-4;;/h4-5H,2-3H2,1H3;2*1H. The summed E-state index contributed by atoms with van der Waals surface area (Å²) in [6.45, 7) is 3.90. The van der Waals surface area contributed by atoms with Crippen LogP contribution in [0.25, 0.3) is 0 Å². The molecule has 1 N–H and O–H groups in total. The second-order valence-electron chi connectivity index (χ2n) is 1.47. The van der Waals surface area contributed by atoms with E-state index in [1.165, 1.54) is 0 Å². The molecule has 0 spiro atoms. The van der Waals surface area contributed by atoms with Gasteiger partial charge in [-0.15, -0.1) is 24.8 Å². The maximum Gasteiger partial charge on any atom is 0.105 e. The van der Waals surface area contributed by atoms with E-state index >= 15 is 0 Å². The molecule has 0 aromatic carbocycles. The summed E-state index contributed by atoms with van der Waals surface area (Å²) in [6.07, 6.45) is 0.296. The molecule has 1 aliphatic heterocycles. The van der Waals surface area contributed by atoms with Crippen molar-refractivity contribution in [3.05, 3.63) is 0 Å². The van der Waals surface area contributed by atoms with Gasteiger partial charge in [0.2, 0.25) is 0 Å². The number of hydrogen-bond acceptors (Lipinski definition) is 2. The van der Waals surface area contributed by atoms with Gasteiger partial charge in [0.25, 0.3) is 0 Å². The van der Waals surface area contributed by atoms with Gasteiger partial charge in [-0.05, 0) is 6.92 Å². The van der Waals surface area contributed by atoms with Gasteiger partial charge in [0.05, 0.1) is 6.61 Å². The molecule has 0 aromatic rings. The minimum Gasteiger partial charge on any atom is -0.362 e. The lowest BCUT2D eigenvalue weighted by Gasteiger charge is -1.96. The topological polar surface area (TPSA) is 21.3 Å². The van der Waals surface area contributed by atoms with Crippen molar-refractivity contribution in [3.8, 4) is 0 Å². The monoisotopic (exact) mass is 159 g/mol. The van der Waals surface area contributed by atoms with Crippen LogP contribution in [0.3, 0.4) is 0 Å². The fourth-order valence-electron chi connectivity index (χ4n) is 0.557. The zero-order valence-electron chi connectivity index (χ0n) is 4.72. The Hall–Kier alpha value is 0.500. The van der Waals surface area contributed by atoms with Gasteiger partial charge in [0, 0.05) is 6.54 Å². The van der Waals surface area contributed by atoms with E-state index in [4.69, 9.17) is 4.74 Å². The van der Waals surface area contributed by atoms with Crippen LogP contribution in [-0.4, -0.2) is 19.4 Å². The highest BCUT2D eigenvalue weighted by Gasteiger charge is 2.05. The molecule has 0 radical (unpaired) electrons. The third kappa shape index (κ3) is 3.50. The molecule has 0 amide bonds. The SMILES string of the molecule is CC1NCCO1.Cl.Cl. The van der Waals surface area contributed by atoms with Gasteiger partial charge in [0.15, 0.2) is 0 Å². The first-order valence-electron chi connectivity index (χ1n) is 2.24. The van der Waals surface area contributed by atoms with Crippen molar-refractivity contribution in [2.24, 2.45) is 0 Å². The minimum atomic E-state index is 0. The lowest BCUT2D eigenvalue weighted by atomic mass is 10.7. The van der Waals surface area contributed by atoms with Crippen LogP contribution in [0.2, 0.25) is 0 Å². The predicted octanol–water partition coefficient (Wildman–Crippen LogP) is 0.796. The van der Waals surface area contributed by atoms with Gasteiger partial charge in [-0.2, -0.15) is 0 Å². The fraction of sp³-hybridized carbons (Fsp3) is 1.00. The lowest BCUT2D eigenvalue weighted by molar-refractivity contribution is 0.116. The molecule has 4 heteroatoms. The molecule has 0 aromatic heterocycles. The third-order valence-corrected chi connectivity index (χ3v) is 0.902. The molecule has 1 heterocycles. The minimum absolute atomic E-state index is 0. The molecule has 0 aliphatic carbocycles. The molecule has 1 atom stereocenters. The smallest absolute Gasteiger partial charge is 0.105 e. The Labute approximate surface area is 61.8 Å². The van der Waals surface area contributed by atoms with E-state index in [1.54, 1.807) is 0 Å². The Morgan fingerprint density at radius 3 is 2.25 bits per heavy atom. The maximum atomic E-state index is 5.04. The van der Waals surface area contributed by atoms with Gasteiger partial charge in [-0.1, -0.05) is 0 Å². The van der Waals surface area contributed by atoms with Gasteiger partial charge in [-0.25, -0.2) is 0 Å². The predicted molar refractivity (Wildman–Crippen MR) is 37.9 cm³/mol. The average Bonchev–Trinajstić information content (AvgIpc) is 1.86. The molecule has 8 heavy (non-hydrogen) atoms. The fourth-order valence-corrected chi connectivity index (χ4v) is 0.557. The zero-order chi connectivity index (χ0) is 4.41. The molecular weight excluding hydrogens is 149 g/mol. The summed E-state index contributed by atoms with van der Waals surface area (Å²) in [4.78, 5) is 0. The summed E-state index contributed by atoms with van der Waals surface area (Å²) in [6, 6.07) is 0. The van der Waals surface area contributed by atoms with Crippen LogP contribution < -0.4 is 5.32 Å². The number of hydrogen-bond donors (Lipinski definition) is 1. The molecule has 1 aliphatic rings. The third-order valence-electron chi connectivity index (χ3n) is 0.902. The van der Waals surface area contributed by atoms with Crippen molar-refractivity contribution in [1.82, 2.24) is 5.32 Å². The van der Waals surface area contributed by atoms with Crippen molar-refractivity contribution in [1.29, 1.82) is 0 Å². The van der Waals surface area contributed by atoms with Crippen LogP contribution in [0.5, 0.6) is 0 Å². The van der Waals surface area contributed by atoms with E-state index in [9.17, 15) is 0 Å². The summed E-state index contributed by atoms with van der Waals surface area (Å²) in [5.74, 6) is 0. The van der Waals surface area contributed by atoms with E-state index in [0.29, 0.717) is 6.23 Å². The molecule has 0 saturated carbocycles.